The van der Waals surface area contributed by atoms with Crippen LogP contribution in [0.4, 0.5) is 0 Å². The molecule has 1 aliphatic rings. The molecular formula is C9H17N5O2S. The lowest BCUT2D eigenvalue weighted by Crippen LogP contribution is -2.47. The second-order valence-electron chi connectivity index (χ2n) is 4.40. The third-order valence-corrected chi connectivity index (χ3v) is 4.50. The van der Waals surface area contributed by atoms with Crippen molar-refractivity contribution >= 4 is 10.0 Å². The highest BCUT2D eigenvalue weighted by atomic mass is 32.2. The van der Waals surface area contributed by atoms with E-state index in [0.29, 0.717) is 13.0 Å². The van der Waals surface area contributed by atoms with Gasteiger partial charge in [0.25, 0.3) is 0 Å². The topological polar surface area (TPSA) is 103 Å². The van der Waals surface area contributed by atoms with Gasteiger partial charge in [0.2, 0.25) is 10.0 Å². The maximum Gasteiger partial charge on any atom is 0.213 e. The van der Waals surface area contributed by atoms with Gasteiger partial charge in [-0.25, -0.2) is 18.5 Å². The van der Waals surface area contributed by atoms with Crippen LogP contribution in [0.5, 0.6) is 0 Å². The van der Waals surface area contributed by atoms with Crippen LogP contribution in [0.25, 0.3) is 0 Å². The molecule has 0 bridgehead atoms. The SMILES string of the molecule is Cn1ncnc1CC1CCC(S(N)(=O)=O)CN1. The maximum atomic E-state index is 11.2. The molecule has 1 aliphatic heterocycles. The smallest absolute Gasteiger partial charge is 0.213 e. The maximum absolute atomic E-state index is 11.2. The van der Waals surface area contributed by atoms with Crippen molar-refractivity contribution in [1.82, 2.24) is 20.1 Å². The largest absolute Gasteiger partial charge is 0.312 e. The molecule has 2 atom stereocenters. The predicted octanol–water partition coefficient (Wildman–Crippen LogP) is -1.23. The number of hydrogen-bond donors (Lipinski definition) is 2. The molecule has 2 heterocycles. The number of sulfonamides is 1. The van der Waals surface area contributed by atoms with Crippen molar-refractivity contribution in [1.29, 1.82) is 0 Å². The van der Waals surface area contributed by atoms with E-state index in [1.54, 1.807) is 4.68 Å². The van der Waals surface area contributed by atoms with Crippen LogP contribution in [0.3, 0.4) is 0 Å². The summed E-state index contributed by atoms with van der Waals surface area (Å²) in [4.78, 5) is 4.15. The molecule has 1 aromatic heterocycles. The molecule has 2 rings (SSSR count). The number of aromatic nitrogens is 3. The Morgan fingerprint density at radius 2 is 2.35 bits per heavy atom. The Balaban J connectivity index is 1.90. The fourth-order valence-corrected chi connectivity index (χ4v) is 2.86. The van der Waals surface area contributed by atoms with E-state index in [0.717, 1.165) is 18.7 Å². The normalized spacial score (nSPS) is 26.0. The van der Waals surface area contributed by atoms with Gasteiger partial charge < -0.3 is 5.32 Å². The van der Waals surface area contributed by atoms with Crippen LogP contribution in [0.2, 0.25) is 0 Å². The zero-order valence-electron chi connectivity index (χ0n) is 9.70. The first-order chi connectivity index (χ1) is 7.97. The minimum atomic E-state index is -3.42. The van der Waals surface area contributed by atoms with Crippen LogP contribution >= 0.6 is 0 Å². The molecule has 96 valence electrons. The molecule has 1 saturated heterocycles. The summed E-state index contributed by atoms with van der Waals surface area (Å²) in [6, 6.07) is 0.246. The van der Waals surface area contributed by atoms with Gasteiger partial charge in [-0.2, -0.15) is 5.10 Å². The van der Waals surface area contributed by atoms with Crippen LogP contribution in [-0.4, -0.2) is 41.0 Å². The van der Waals surface area contributed by atoms with Gasteiger partial charge in [-0.1, -0.05) is 0 Å². The van der Waals surface area contributed by atoms with E-state index >= 15 is 0 Å². The molecule has 0 aromatic carbocycles. The van der Waals surface area contributed by atoms with Crippen molar-refractivity contribution < 1.29 is 8.42 Å². The van der Waals surface area contributed by atoms with Gasteiger partial charge in [-0.05, 0) is 12.8 Å². The monoisotopic (exact) mass is 259 g/mol. The lowest BCUT2D eigenvalue weighted by Gasteiger charge is -2.28. The lowest BCUT2D eigenvalue weighted by molar-refractivity contribution is 0.388. The second-order valence-corrected chi connectivity index (χ2v) is 6.24. The summed E-state index contributed by atoms with van der Waals surface area (Å²) < 4.78 is 24.1. The van der Waals surface area contributed by atoms with E-state index < -0.39 is 15.3 Å². The summed E-state index contributed by atoms with van der Waals surface area (Å²) >= 11 is 0. The quantitative estimate of drug-likeness (QED) is 0.707. The standard InChI is InChI=1S/C9H17N5O2S/c1-14-9(12-6-13-14)4-7-2-3-8(5-11-7)17(10,15)16/h6-8,11H,2-5H2,1H3,(H2,10,15,16). The molecular weight excluding hydrogens is 242 g/mol. The van der Waals surface area contributed by atoms with E-state index in [2.05, 4.69) is 15.4 Å². The number of nitrogens with two attached hydrogens (primary N) is 1. The minimum absolute atomic E-state index is 0.246. The van der Waals surface area contributed by atoms with Crippen LogP contribution in [0.15, 0.2) is 6.33 Å². The van der Waals surface area contributed by atoms with E-state index in [1.807, 2.05) is 7.05 Å². The van der Waals surface area contributed by atoms with Crippen molar-refractivity contribution in [2.45, 2.75) is 30.6 Å². The third-order valence-electron chi connectivity index (χ3n) is 3.17. The zero-order chi connectivity index (χ0) is 12.5. The van der Waals surface area contributed by atoms with Crippen molar-refractivity contribution in [3.63, 3.8) is 0 Å². The first-order valence-corrected chi connectivity index (χ1v) is 7.15. The molecule has 2 unspecified atom stereocenters. The molecule has 7 nitrogen and oxygen atoms in total. The van der Waals surface area contributed by atoms with Crippen LogP contribution < -0.4 is 10.5 Å². The zero-order valence-corrected chi connectivity index (χ0v) is 10.5. The number of aryl methyl sites for hydroxylation is 1. The Labute approximate surface area is 100 Å². The fourth-order valence-electron chi connectivity index (χ4n) is 2.07. The van der Waals surface area contributed by atoms with E-state index in [-0.39, 0.29) is 6.04 Å². The summed E-state index contributed by atoms with van der Waals surface area (Å²) in [5.41, 5.74) is 0. The second kappa shape index (κ2) is 4.71. The van der Waals surface area contributed by atoms with Crippen molar-refractivity contribution in [3.8, 4) is 0 Å². The summed E-state index contributed by atoms with van der Waals surface area (Å²) in [5.74, 6) is 0.900. The number of piperidine rings is 1. The number of nitrogens with zero attached hydrogens (tertiary/aromatic N) is 3. The van der Waals surface area contributed by atoms with E-state index in [4.69, 9.17) is 5.14 Å². The van der Waals surface area contributed by atoms with Crippen LogP contribution in [0, 0.1) is 0 Å². The van der Waals surface area contributed by atoms with Crippen LogP contribution in [-0.2, 0) is 23.5 Å². The predicted molar refractivity (Wildman–Crippen MR) is 62.6 cm³/mol. The lowest BCUT2D eigenvalue weighted by atomic mass is 10.0. The van der Waals surface area contributed by atoms with Gasteiger partial charge in [0.1, 0.15) is 12.2 Å². The average molecular weight is 259 g/mol. The van der Waals surface area contributed by atoms with E-state index in [1.165, 1.54) is 6.33 Å². The first-order valence-electron chi connectivity index (χ1n) is 5.54. The Kier molecular flexibility index (Phi) is 3.45. The molecule has 3 N–H and O–H groups in total. The number of primary sulfonamides is 1. The molecule has 0 aliphatic carbocycles. The van der Waals surface area contributed by atoms with Crippen LogP contribution in [0.1, 0.15) is 18.7 Å². The van der Waals surface area contributed by atoms with Gasteiger partial charge in [0.15, 0.2) is 0 Å². The highest BCUT2D eigenvalue weighted by Gasteiger charge is 2.28. The minimum Gasteiger partial charge on any atom is -0.312 e. The van der Waals surface area contributed by atoms with Gasteiger partial charge in [0, 0.05) is 26.1 Å². The van der Waals surface area contributed by atoms with Gasteiger partial charge in [0.05, 0.1) is 5.25 Å². The third kappa shape index (κ3) is 3.02. The molecule has 0 radical (unpaired) electrons. The Morgan fingerprint density at radius 3 is 2.82 bits per heavy atom. The van der Waals surface area contributed by atoms with Gasteiger partial charge in [-0.3, -0.25) is 4.68 Å². The molecule has 8 heteroatoms. The summed E-state index contributed by atoms with van der Waals surface area (Å²) in [7, 11) is -1.57. The van der Waals surface area contributed by atoms with Crippen molar-refractivity contribution in [3.05, 3.63) is 12.2 Å². The first kappa shape index (κ1) is 12.5. The van der Waals surface area contributed by atoms with Crippen molar-refractivity contribution in [2.24, 2.45) is 12.2 Å². The summed E-state index contributed by atoms with van der Waals surface area (Å²) in [6.07, 6.45) is 3.67. The summed E-state index contributed by atoms with van der Waals surface area (Å²) in [5, 5.41) is 11.9. The average Bonchev–Trinajstić information content (AvgIpc) is 2.64. The molecule has 0 saturated carbocycles. The molecule has 1 fully saturated rings. The molecule has 0 amide bonds. The summed E-state index contributed by atoms with van der Waals surface area (Å²) in [6.45, 7) is 0.418. The highest BCUT2D eigenvalue weighted by molar-refractivity contribution is 7.89. The van der Waals surface area contributed by atoms with E-state index in [9.17, 15) is 8.42 Å². The molecule has 1 aromatic rings. The Morgan fingerprint density at radius 1 is 1.59 bits per heavy atom. The number of rotatable bonds is 3. The Bertz CT molecular complexity index is 475. The molecule has 17 heavy (non-hydrogen) atoms. The number of nitrogens with one attached hydrogen (secondary N) is 1. The van der Waals surface area contributed by atoms with Crippen molar-refractivity contribution in [2.75, 3.05) is 6.54 Å². The highest BCUT2D eigenvalue weighted by Crippen LogP contribution is 2.15. The van der Waals surface area contributed by atoms with Gasteiger partial charge >= 0.3 is 0 Å². The number of hydrogen-bond acceptors (Lipinski definition) is 5. The molecule has 0 spiro atoms. The Hall–Kier alpha value is -0.990. The van der Waals surface area contributed by atoms with Gasteiger partial charge in [-0.15, -0.1) is 0 Å². The fraction of sp³-hybridized carbons (Fsp3) is 0.778.